The Morgan fingerprint density at radius 2 is 2.00 bits per heavy atom. The van der Waals surface area contributed by atoms with E-state index in [0.717, 1.165) is 42.8 Å². The van der Waals surface area contributed by atoms with Gasteiger partial charge >= 0.3 is 7.60 Å². The van der Waals surface area contributed by atoms with Gasteiger partial charge in [0.2, 0.25) is 0 Å². The summed E-state index contributed by atoms with van der Waals surface area (Å²) in [6.45, 7) is 8.10. The molecule has 1 unspecified atom stereocenters. The Balaban J connectivity index is 1.66. The molecule has 1 fully saturated rings. The lowest BCUT2D eigenvalue weighted by Crippen LogP contribution is -2.36. The van der Waals surface area contributed by atoms with Crippen LogP contribution < -0.4 is 10.0 Å². The number of nitrogens with zero attached hydrogens (tertiary/aromatic N) is 1. The summed E-state index contributed by atoms with van der Waals surface area (Å²) in [5, 5.41) is 1.54. The molecule has 1 aliphatic heterocycles. The summed E-state index contributed by atoms with van der Waals surface area (Å²) in [6, 6.07) is 11.9. The lowest BCUT2D eigenvalue weighted by molar-refractivity contribution is 0.110. The SMILES string of the molecule is CCOP(=O)(O)c1ccc([C@@H]2C[C@H](C)CCN2Cc2c(OC)cc(C)c3[nH]ccc23)cc1. The lowest BCUT2D eigenvalue weighted by Gasteiger charge is -2.39. The molecular formula is C25H33N2O4P. The zero-order valence-corrected chi connectivity index (χ0v) is 20.2. The van der Waals surface area contributed by atoms with Crippen molar-refractivity contribution in [1.82, 2.24) is 9.88 Å². The van der Waals surface area contributed by atoms with Crippen molar-refractivity contribution in [2.45, 2.75) is 46.2 Å². The maximum atomic E-state index is 12.4. The number of fused-ring (bicyclic) bond motifs is 1. The molecule has 0 spiro atoms. The quantitative estimate of drug-likeness (QED) is 0.472. The predicted octanol–water partition coefficient (Wildman–Crippen LogP) is 5.31. The number of aryl methyl sites for hydroxylation is 1. The van der Waals surface area contributed by atoms with Crippen molar-refractivity contribution in [3.63, 3.8) is 0 Å². The van der Waals surface area contributed by atoms with E-state index in [1.54, 1.807) is 26.2 Å². The first-order valence-electron chi connectivity index (χ1n) is 11.3. The number of likely N-dealkylation sites (tertiary alicyclic amines) is 1. The third kappa shape index (κ3) is 4.51. The number of benzene rings is 2. The standard InChI is InChI=1S/C25H33N2O4P/c1-5-31-32(28,29)20-8-6-19(7-9-20)23-14-17(2)11-13-27(23)16-22-21-10-12-26-25(21)18(3)15-24(22)30-4/h6-10,12,15,17,23,26H,5,11,13-14,16H2,1-4H3,(H,28,29)/t17-,23+/m1/s1. The number of ether oxygens (including phenoxy) is 1. The Labute approximate surface area is 190 Å². The fourth-order valence-corrected chi connectivity index (χ4v) is 5.87. The first kappa shape index (κ1) is 23.1. The molecule has 6 nitrogen and oxygen atoms in total. The minimum atomic E-state index is -3.76. The summed E-state index contributed by atoms with van der Waals surface area (Å²) in [6.07, 6.45) is 4.18. The van der Waals surface area contributed by atoms with Gasteiger partial charge in [-0.05, 0) is 74.5 Å². The van der Waals surface area contributed by atoms with Gasteiger partial charge in [-0.25, -0.2) is 0 Å². The molecule has 3 aromatic rings. The fourth-order valence-electron chi connectivity index (χ4n) is 4.84. The van der Waals surface area contributed by atoms with Crippen LogP contribution in [0.2, 0.25) is 0 Å². The summed E-state index contributed by atoms with van der Waals surface area (Å²) in [7, 11) is -2.02. The fraction of sp³-hybridized carbons (Fsp3) is 0.440. The zero-order chi connectivity index (χ0) is 22.9. The summed E-state index contributed by atoms with van der Waals surface area (Å²) >= 11 is 0. The Morgan fingerprint density at radius 3 is 2.69 bits per heavy atom. The normalized spacial score (nSPS) is 21.5. The van der Waals surface area contributed by atoms with Gasteiger partial charge in [-0.3, -0.25) is 9.46 Å². The molecule has 2 heterocycles. The van der Waals surface area contributed by atoms with Crippen LogP contribution in [0.4, 0.5) is 0 Å². The molecule has 3 atom stereocenters. The average Bonchev–Trinajstić information content (AvgIpc) is 3.27. The Bertz CT molecular complexity index is 1120. The highest BCUT2D eigenvalue weighted by Gasteiger charge is 2.30. The molecular weight excluding hydrogens is 423 g/mol. The molecule has 1 saturated heterocycles. The number of hydrogen-bond donors (Lipinski definition) is 2. The smallest absolute Gasteiger partial charge is 0.358 e. The van der Waals surface area contributed by atoms with Gasteiger partial charge in [0.25, 0.3) is 0 Å². The van der Waals surface area contributed by atoms with Gasteiger partial charge in [0, 0.05) is 35.2 Å². The number of hydrogen-bond acceptors (Lipinski definition) is 4. The maximum Gasteiger partial charge on any atom is 0.358 e. The summed E-state index contributed by atoms with van der Waals surface area (Å²) in [5.41, 5.74) is 4.68. The van der Waals surface area contributed by atoms with Gasteiger partial charge < -0.3 is 19.1 Å². The van der Waals surface area contributed by atoms with E-state index >= 15 is 0 Å². The molecule has 1 aliphatic rings. The molecule has 0 amide bonds. The Kier molecular flexibility index (Phi) is 6.78. The van der Waals surface area contributed by atoms with E-state index in [0.29, 0.717) is 11.2 Å². The topological polar surface area (TPSA) is 74.8 Å². The van der Waals surface area contributed by atoms with E-state index in [-0.39, 0.29) is 12.6 Å². The van der Waals surface area contributed by atoms with E-state index in [1.807, 2.05) is 18.3 Å². The molecule has 7 heteroatoms. The number of nitrogens with one attached hydrogen (secondary N) is 1. The first-order chi connectivity index (χ1) is 15.3. The second-order valence-corrected chi connectivity index (χ2v) is 10.6. The number of piperidine rings is 1. The van der Waals surface area contributed by atoms with Crippen LogP contribution >= 0.6 is 7.60 Å². The highest BCUT2D eigenvalue weighted by molar-refractivity contribution is 7.61. The van der Waals surface area contributed by atoms with Crippen molar-refractivity contribution in [2.24, 2.45) is 5.92 Å². The highest BCUT2D eigenvalue weighted by atomic mass is 31.2. The second-order valence-electron chi connectivity index (χ2n) is 8.79. The largest absolute Gasteiger partial charge is 0.496 e. The Morgan fingerprint density at radius 1 is 1.25 bits per heavy atom. The molecule has 172 valence electrons. The van der Waals surface area contributed by atoms with Crippen LogP contribution in [0.25, 0.3) is 10.9 Å². The van der Waals surface area contributed by atoms with E-state index in [4.69, 9.17) is 9.26 Å². The molecule has 2 aromatic carbocycles. The van der Waals surface area contributed by atoms with Crippen LogP contribution in [0.1, 0.15) is 49.4 Å². The van der Waals surface area contributed by atoms with Crippen LogP contribution in [0, 0.1) is 12.8 Å². The van der Waals surface area contributed by atoms with Crippen LogP contribution in [0.5, 0.6) is 5.75 Å². The minimum Gasteiger partial charge on any atom is -0.496 e. The molecule has 0 bridgehead atoms. The van der Waals surface area contributed by atoms with Gasteiger partial charge in [-0.15, -0.1) is 0 Å². The van der Waals surface area contributed by atoms with Crippen LogP contribution in [-0.2, 0) is 15.6 Å². The van der Waals surface area contributed by atoms with Crippen molar-refractivity contribution >= 4 is 23.8 Å². The van der Waals surface area contributed by atoms with Crippen LogP contribution in [-0.4, -0.2) is 35.0 Å². The summed E-state index contributed by atoms with van der Waals surface area (Å²) in [5.74, 6) is 1.54. The molecule has 0 aliphatic carbocycles. The van der Waals surface area contributed by atoms with Gasteiger partial charge in [0.15, 0.2) is 0 Å². The molecule has 32 heavy (non-hydrogen) atoms. The molecule has 0 saturated carbocycles. The van der Waals surface area contributed by atoms with Crippen LogP contribution in [0.15, 0.2) is 42.6 Å². The zero-order valence-electron chi connectivity index (χ0n) is 19.3. The van der Waals surface area contributed by atoms with Crippen molar-refractivity contribution in [1.29, 1.82) is 0 Å². The third-order valence-electron chi connectivity index (χ3n) is 6.58. The molecule has 1 aromatic heterocycles. The predicted molar refractivity (Wildman–Crippen MR) is 129 cm³/mol. The number of aromatic amines is 1. The molecule has 2 N–H and O–H groups in total. The lowest BCUT2D eigenvalue weighted by atomic mass is 9.87. The van der Waals surface area contributed by atoms with Crippen molar-refractivity contribution in [3.8, 4) is 5.75 Å². The van der Waals surface area contributed by atoms with Crippen molar-refractivity contribution < 1.29 is 18.7 Å². The highest BCUT2D eigenvalue weighted by Crippen LogP contribution is 2.42. The summed E-state index contributed by atoms with van der Waals surface area (Å²) in [4.78, 5) is 16.0. The summed E-state index contributed by atoms with van der Waals surface area (Å²) < 4.78 is 23.2. The Hall–Kier alpha value is -2.11. The van der Waals surface area contributed by atoms with Gasteiger partial charge in [-0.2, -0.15) is 0 Å². The van der Waals surface area contributed by atoms with Crippen LogP contribution in [0.3, 0.4) is 0 Å². The minimum absolute atomic E-state index is 0.204. The monoisotopic (exact) mass is 456 g/mol. The van der Waals surface area contributed by atoms with E-state index in [1.165, 1.54) is 16.5 Å². The molecule has 4 rings (SSSR count). The van der Waals surface area contributed by atoms with Crippen molar-refractivity contribution in [2.75, 3.05) is 20.3 Å². The third-order valence-corrected chi connectivity index (χ3v) is 8.14. The van der Waals surface area contributed by atoms with Gasteiger partial charge in [0.05, 0.1) is 19.0 Å². The molecule has 0 radical (unpaired) electrons. The van der Waals surface area contributed by atoms with Gasteiger partial charge in [-0.1, -0.05) is 19.1 Å². The second kappa shape index (κ2) is 9.40. The number of rotatable bonds is 7. The number of methoxy groups -OCH3 is 1. The van der Waals surface area contributed by atoms with Crippen molar-refractivity contribution in [3.05, 3.63) is 59.3 Å². The first-order valence-corrected chi connectivity index (χ1v) is 12.9. The van der Waals surface area contributed by atoms with E-state index in [9.17, 15) is 9.46 Å². The number of H-pyrrole nitrogens is 1. The number of aromatic nitrogens is 1. The average molecular weight is 457 g/mol. The van der Waals surface area contributed by atoms with E-state index < -0.39 is 7.60 Å². The maximum absolute atomic E-state index is 12.4. The van der Waals surface area contributed by atoms with Gasteiger partial charge in [0.1, 0.15) is 5.75 Å². The van der Waals surface area contributed by atoms with E-state index in [2.05, 4.69) is 35.9 Å².